The van der Waals surface area contributed by atoms with E-state index in [2.05, 4.69) is 5.32 Å². The first-order valence-corrected chi connectivity index (χ1v) is 12.2. The van der Waals surface area contributed by atoms with Gasteiger partial charge in [-0.05, 0) is 95.2 Å². The molecule has 0 aliphatic heterocycles. The SMILES string of the molecule is Cc1cc(O)cc(C)c1C[C@H](N)C(=O)N(CCCc1ccccc1)[C@H](C)C(=O)NC(=O)OC(C)(C)C. The Morgan fingerprint density at radius 2 is 1.67 bits per heavy atom. The number of carbonyl (C=O) groups excluding carboxylic acids is 3. The third kappa shape index (κ3) is 8.68. The van der Waals surface area contributed by atoms with E-state index in [4.69, 9.17) is 10.5 Å². The third-order valence-corrected chi connectivity index (χ3v) is 5.88. The number of carbonyl (C=O) groups is 3. The molecule has 196 valence electrons. The van der Waals surface area contributed by atoms with Gasteiger partial charge in [-0.2, -0.15) is 0 Å². The predicted molar refractivity (Wildman–Crippen MR) is 140 cm³/mol. The topological polar surface area (TPSA) is 122 Å². The van der Waals surface area contributed by atoms with Crippen molar-refractivity contribution in [3.63, 3.8) is 0 Å². The number of imide groups is 1. The molecule has 0 aliphatic carbocycles. The number of benzene rings is 2. The number of nitrogens with zero attached hydrogens (tertiary/aromatic N) is 1. The lowest BCUT2D eigenvalue weighted by Gasteiger charge is -2.31. The molecule has 0 fully saturated rings. The molecule has 2 aromatic carbocycles. The van der Waals surface area contributed by atoms with Gasteiger partial charge in [0.05, 0.1) is 6.04 Å². The summed E-state index contributed by atoms with van der Waals surface area (Å²) in [5, 5.41) is 12.1. The standard InChI is InChI=1S/C28H39N3O5/c1-18-15-22(32)16-19(2)23(18)17-24(29)26(34)31(14-10-13-21-11-8-7-9-12-21)20(3)25(33)30-27(35)36-28(4,5)6/h7-9,11-12,15-16,20,24,32H,10,13-14,17,29H2,1-6H3,(H,30,33,35)/t20-,24+/m1/s1. The van der Waals surface area contributed by atoms with Gasteiger partial charge in [-0.1, -0.05) is 30.3 Å². The van der Waals surface area contributed by atoms with Gasteiger partial charge in [0, 0.05) is 6.54 Å². The monoisotopic (exact) mass is 497 g/mol. The zero-order chi connectivity index (χ0) is 27.0. The van der Waals surface area contributed by atoms with Crippen molar-refractivity contribution in [2.24, 2.45) is 5.73 Å². The Kier molecular flexibility index (Phi) is 10.0. The van der Waals surface area contributed by atoms with Gasteiger partial charge in [-0.15, -0.1) is 0 Å². The van der Waals surface area contributed by atoms with Crippen molar-refractivity contribution in [3.8, 4) is 5.75 Å². The van der Waals surface area contributed by atoms with Gasteiger partial charge in [0.2, 0.25) is 5.91 Å². The molecule has 0 unspecified atom stereocenters. The lowest BCUT2D eigenvalue weighted by molar-refractivity contribution is -0.140. The summed E-state index contributed by atoms with van der Waals surface area (Å²) in [5.74, 6) is -0.869. The van der Waals surface area contributed by atoms with E-state index in [-0.39, 0.29) is 24.6 Å². The van der Waals surface area contributed by atoms with Crippen molar-refractivity contribution in [1.29, 1.82) is 0 Å². The maximum atomic E-state index is 13.5. The maximum absolute atomic E-state index is 13.5. The van der Waals surface area contributed by atoms with Crippen molar-refractivity contribution < 1.29 is 24.2 Å². The summed E-state index contributed by atoms with van der Waals surface area (Å²) >= 11 is 0. The maximum Gasteiger partial charge on any atom is 0.414 e. The molecule has 2 atom stereocenters. The Labute approximate surface area is 213 Å². The van der Waals surface area contributed by atoms with Crippen molar-refractivity contribution in [2.45, 2.75) is 78.5 Å². The minimum atomic E-state index is -0.936. The molecule has 0 spiro atoms. The van der Waals surface area contributed by atoms with Crippen molar-refractivity contribution in [3.05, 3.63) is 64.7 Å². The van der Waals surface area contributed by atoms with E-state index in [0.29, 0.717) is 6.42 Å². The fraction of sp³-hybridized carbons (Fsp3) is 0.464. The smallest absolute Gasteiger partial charge is 0.414 e. The first kappa shape index (κ1) is 28.8. The molecule has 0 bridgehead atoms. The van der Waals surface area contributed by atoms with E-state index >= 15 is 0 Å². The molecule has 36 heavy (non-hydrogen) atoms. The second kappa shape index (κ2) is 12.5. The number of phenolic OH excluding ortho intramolecular Hbond substituents is 1. The molecular formula is C28H39N3O5. The quantitative estimate of drug-likeness (QED) is 0.485. The number of ether oxygens (including phenoxy) is 1. The molecule has 0 saturated carbocycles. The number of alkyl carbamates (subject to hydrolysis) is 1. The van der Waals surface area contributed by atoms with Gasteiger partial charge in [0.25, 0.3) is 5.91 Å². The van der Waals surface area contributed by atoms with Crippen molar-refractivity contribution >= 4 is 17.9 Å². The van der Waals surface area contributed by atoms with Crippen LogP contribution in [-0.4, -0.2) is 52.1 Å². The van der Waals surface area contributed by atoms with Crippen LogP contribution in [0.1, 0.15) is 56.4 Å². The predicted octanol–water partition coefficient (Wildman–Crippen LogP) is 3.78. The summed E-state index contributed by atoms with van der Waals surface area (Å²) in [6, 6.07) is 11.3. The Hall–Kier alpha value is -3.39. The van der Waals surface area contributed by atoms with Crippen molar-refractivity contribution in [1.82, 2.24) is 10.2 Å². The number of aryl methyl sites for hydroxylation is 3. The van der Waals surface area contributed by atoms with Crippen LogP contribution in [0.25, 0.3) is 0 Å². The van der Waals surface area contributed by atoms with Crippen LogP contribution in [0.3, 0.4) is 0 Å². The zero-order valence-corrected chi connectivity index (χ0v) is 22.1. The van der Waals surface area contributed by atoms with Gasteiger partial charge in [0.1, 0.15) is 17.4 Å². The average molecular weight is 498 g/mol. The number of phenols is 1. The van der Waals surface area contributed by atoms with E-state index in [0.717, 1.165) is 28.7 Å². The van der Waals surface area contributed by atoms with Crippen LogP contribution in [-0.2, 0) is 27.2 Å². The first-order chi connectivity index (χ1) is 16.8. The molecule has 0 radical (unpaired) electrons. The molecule has 8 heteroatoms. The highest BCUT2D eigenvalue weighted by molar-refractivity contribution is 5.97. The average Bonchev–Trinajstić information content (AvgIpc) is 2.77. The molecule has 8 nitrogen and oxygen atoms in total. The van der Waals surface area contributed by atoms with Crippen LogP contribution in [0.15, 0.2) is 42.5 Å². The summed E-state index contributed by atoms with van der Waals surface area (Å²) in [6.07, 6.45) is 0.725. The third-order valence-electron chi connectivity index (χ3n) is 5.88. The Morgan fingerprint density at radius 1 is 1.08 bits per heavy atom. The molecular weight excluding hydrogens is 458 g/mol. The van der Waals surface area contributed by atoms with E-state index in [1.54, 1.807) is 39.8 Å². The van der Waals surface area contributed by atoms with Crippen LogP contribution < -0.4 is 11.1 Å². The fourth-order valence-electron chi connectivity index (χ4n) is 4.06. The van der Waals surface area contributed by atoms with Crippen LogP contribution >= 0.6 is 0 Å². The molecule has 0 aliphatic rings. The van der Waals surface area contributed by atoms with Crippen LogP contribution in [0.2, 0.25) is 0 Å². The van der Waals surface area contributed by atoms with Crippen LogP contribution in [0.4, 0.5) is 4.79 Å². The second-order valence-corrected chi connectivity index (χ2v) is 10.2. The zero-order valence-electron chi connectivity index (χ0n) is 22.1. The molecule has 0 heterocycles. The number of nitrogens with two attached hydrogens (primary N) is 1. The van der Waals surface area contributed by atoms with E-state index in [9.17, 15) is 19.5 Å². The van der Waals surface area contributed by atoms with Gasteiger partial charge in [0.15, 0.2) is 0 Å². The number of amides is 3. The second-order valence-electron chi connectivity index (χ2n) is 10.2. The van der Waals surface area contributed by atoms with Gasteiger partial charge in [-0.25, -0.2) is 4.79 Å². The Balaban J connectivity index is 2.18. The molecule has 4 N–H and O–H groups in total. The Bertz CT molecular complexity index is 1040. The highest BCUT2D eigenvalue weighted by atomic mass is 16.6. The summed E-state index contributed by atoms with van der Waals surface area (Å²) in [4.78, 5) is 39.9. The summed E-state index contributed by atoms with van der Waals surface area (Å²) < 4.78 is 5.18. The lowest BCUT2D eigenvalue weighted by Crippen LogP contribution is -2.55. The van der Waals surface area contributed by atoms with Gasteiger partial charge >= 0.3 is 6.09 Å². The molecule has 3 amide bonds. The minimum absolute atomic E-state index is 0.156. The lowest BCUT2D eigenvalue weighted by atomic mass is 9.95. The van der Waals surface area contributed by atoms with Crippen LogP contribution in [0.5, 0.6) is 5.75 Å². The highest BCUT2D eigenvalue weighted by Crippen LogP contribution is 2.22. The van der Waals surface area contributed by atoms with Crippen molar-refractivity contribution in [2.75, 3.05) is 6.54 Å². The van der Waals surface area contributed by atoms with Gasteiger partial charge in [-0.3, -0.25) is 14.9 Å². The molecule has 2 rings (SSSR count). The Morgan fingerprint density at radius 3 is 2.22 bits per heavy atom. The molecule has 0 aromatic heterocycles. The number of hydrogen-bond donors (Lipinski definition) is 3. The number of rotatable bonds is 9. The van der Waals surface area contributed by atoms with E-state index in [1.165, 1.54) is 4.90 Å². The van der Waals surface area contributed by atoms with E-state index in [1.807, 2.05) is 44.2 Å². The normalized spacial score (nSPS) is 13.0. The number of nitrogens with one attached hydrogen (secondary N) is 1. The summed E-state index contributed by atoms with van der Waals surface area (Å²) in [7, 11) is 0. The largest absolute Gasteiger partial charge is 0.508 e. The fourth-order valence-corrected chi connectivity index (χ4v) is 4.06. The first-order valence-electron chi connectivity index (χ1n) is 12.2. The number of hydrogen-bond acceptors (Lipinski definition) is 6. The number of aromatic hydroxyl groups is 1. The van der Waals surface area contributed by atoms with E-state index < -0.39 is 29.7 Å². The highest BCUT2D eigenvalue weighted by Gasteiger charge is 2.31. The minimum Gasteiger partial charge on any atom is -0.508 e. The van der Waals surface area contributed by atoms with Crippen LogP contribution in [0, 0.1) is 13.8 Å². The van der Waals surface area contributed by atoms with Gasteiger partial charge < -0.3 is 20.5 Å². The molecule has 0 saturated heterocycles. The summed E-state index contributed by atoms with van der Waals surface area (Å²) in [5.41, 5.74) is 9.26. The molecule has 2 aromatic rings. The summed E-state index contributed by atoms with van der Waals surface area (Å²) in [6.45, 7) is 10.7.